The lowest BCUT2D eigenvalue weighted by molar-refractivity contribution is 0.417. The molecule has 0 atom stereocenters. The van der Waals surface area contributed by atoms with Gasteiger partial charge in [-0.1, -0.05) is 5.16 Å². The number of anilines is 1. The van der Waals surface area contributed by atoms with Crippen molar-refractivity contribution in [3.8, 4) is 11.1 Å². The normalized spacial score (nSPS) is 12.6. The Labute approximate surface area is 120 Å². The van der Waals surface area contributed by atoms with Gasteiger partial charge in [-0.2, -0.15) is 0 Å². The zero-order valence-corrected chi connectivity index (χ0v) is 12.5. The van der Waals surface area contributed by atoms with Gasteiger partial charge < -0.3 is 10.3 Å². The fraction of sp³-hybridized carbons (Fsp3) is 0.308. The topological polar surface area (TPSA) is 86.2 Å². The molecule has 1 aromatic carbocycles. The maximum absolute atomic E-state index is 13.9. The number of nitrogens with zero attached hydrogens (tertiary/aromatic N) is 1. The van der Waals surface area contributed by atoms with Crippen LogP contribution >= 0.6 is 0 Å². The molecule has 0 unspecified atom stereocenters. The lowest BCUT2D eigenvalue weighted by atomic mass is 9.98. The molecule has 21 heavy (non-hydrogen) atoms. The first-order valence-electron chi connectivity index (χ1n) is 5.96. The van der Waals surface area contributed by atoms with Crippen LogP contribution in [0.2, 0.25) is 0 Å². The van der Waals surface area contributed by atoms with Gasteiger partial charge in [-0.05, 0) is 26.0 Å². The second kappa shape index (κ2) is 4.80. The molecule has 0 spiro atoms. The van der Waals surface area contributed by atoms with Gasteiger partial charge in [-0.3, -0.25) is 0 Å². The molecule has 0 aliphatic rings. The second-order valence-corrected chi connectivity index (χ2v) is 7.74. The Morgan fingerprint density at radius 2 is 1.90 bits per heavy atom. The molecule has 1 aromatic heterocycles. The molecule has 2 rings (SSSR count). The van der Waals surface area contributed by atoms with Crippen molar-refractivity contribution < 1.29 is 21.7 Å². The molecule has 0 bridgehead atoms. The SMILES string of the molecule is CC(C)(c1noc(N)c1-c1ccc(F)cc1F)S(C)(=O)=O. The van der Waals surface area contributed by atoms with Crippen LogP contribution in [0, 0.1) is 11.6 Å². The number of aromatic nitrogens is 1. The van der Waals surface area contributed by atoms with Crippen LogP contribution in [-0.2, 0) is 14.6 Å². The Kier molecular flexibility index (Phi) is 3.53. The Morgan fingerprint density at radius 3 is 2.43 bits per heavy atom. The van der Waals surface area contributed by atoms with Gasteiger partial charge in [0.25, 0.3) is 0 Å². The summed E-state index contributed by atoms with van der Waals surface area (Å²) in [5.74, 6) is -1.86. The molecule has 0 amide bonds. The average molecular weight is 316 g/mol. The van der Waals surface area contributed by atoms with Crippen molar-refractivity contribution in [1.29, 1.82) is 0 Å². The molecule has 8 heteroatoms. The first-order chi connectivity index (χ1) is 9.55. The molecule has 0 saturated carbocycles. The van der Waals surface area contributed by atoms with E-state index in [1.165, 1.54) is 13.8 Å². The Hall–Kier alpha value is -1.96. The largest absolute Gasteiger partial charge is 0.367 e. The minimum absolute atomic E-state index is 0.0166. The van der Waals surface area contributed by atoms with Crippen LogP contribution in [0.3, 0.4) is 0 Å². The summed E-state index contributed by atoms with van der Waals surface area (Å²) >= 11 is 0. The van der Waals surface area contributed by atoms with Gasteiger partial charge in [0.15, 0.2) is 9.84 Å². The third-order valence-electron chi connectivity index (χ3n) is 3.42. The van der Waals surface area contributed by atoms with Gasteiger partial charge in [0.2, 0.25) is 5.88 Å². The number of hydrogen-bond acceptors (Lipinski definition) is 5. The molecule has 1 heterocycles. The molecule has 0 aliphatic heterocycles. The van der Waals surface area contributed by atoms with E-state index in [0.29, 0.717) is 6.07 Å². The highest BCUT2D eigenvalue weighted by Crippen LogP contribution is 2.40. The average Bonchev–Trinajstić information content (AvgIpc) is 2.70. The number of nitrogens with two attached hydrogens (primary N) is 1. The van der Waals surface area contributed by atoms with Crippen molar-refractivity contribution in [3.63, 3.8) is 0 Å². The highest BCUT2D eigenvalue weighted by molar-refractivity contribution is 7.91. The van der Waals surface area contributed by atoms with Gasteiger partial charge in [0.05, 0.1) is 5.56 Å². The number of benzene rings is 1. The van der Waals surface area contributed by atoms with Crippen molar-refractivity contribution in [2.45, 2.75) is 18.6 Å². The van der Waals surface area contributed by atoms with Crippen LogP contribution in [0.5, 0.6) is 0 Å². The predicted molar refractivity (Wildman–Crippen MR) is 74.1 cm³/mol. The molecule has 2 N–H and O–H groups in total. The predicted octanol–water partition coefficient (Wildman–Crippen LogP) is 2.48. The minimum Gasteiger partial charge on any atom is -0.367 e. The van der Waals surface area contributed by atoms with Crippen molar-refractivity contribution >= 4 is 15.7 Å². The van der Waals surface area contributed by atoms with E-state index in [2.05, 4.69) is 5.16 Å². The van der Waals surface area contributed by atoms with Crippen molar-refractivity contribution in [2.75, 3.05) is 12.0 Å². The molecule has 0 fully saturated rings. The first kappa shape index (κ1) is 15.4. The third kappa shape index (κ3) is 2.51. The standard InChI is InChI=1S/C13H14F2N2O3S/c1-13(2,21(3,18)19)11-10(12(16)20-17-11)8-5-4-7(14)6-9(8)15/h4-6H,16H2,1-3H3. The van der Waals surface area contributed by atoms with Crippen LogP contribution in [0.15, 0.2) is 22.7 Å². The lowest BCUT2D eigenvalue weighted by Crippen LogP contribution is -2.29. The highest BCUT2D eigenvalue weighted by atomic mass is 32.2. The number of nitrogen functional groups attached to an aromatic ring is 1. The van der Waals surface area contributed by atoms with Gasteiger partial charge in [-0.25, -0.2) is 17.2 Å². The van der Waals surface area contributed by atoms with Crippen LogP contribution < -0.4 is 5.73 Å². The van der Waals surface area contributed by atoms with E-state index < -0.39 is 26.2 Å². The molecular formula is C13H14F2N2O3S. The summed E-state index contributed by atoms with van der Waals surface area (Å²) in [6.07, 6.45) is 1.03. The molecule has 0 saturated heterocycles. The Balaban J connectivity index is 2.75. The maximum atomic E-state index is 13.9. The monoisotopic (exact) mass is 316 g/mol. The molecule has 0 radical (unpaired) electrons. The number of halogens is 2. The van der Waals surface area contributed by atoms with Gasteiger partial charge in [0, 0.05) is 17.9 Å². The smallest absolute Gasteiger partial charge is 0.230 e. The van der Waals surface area contributed by atoms with E-state index >= 15 is 0 Å². The minimum atomic E-state index is -3.57. The summed E-state index contributed by atoms with van der Waals surface area (Å²) in [6.45, 7) is 2.81. The number of sulfone groups is 1. The fourth-order valence-electron chi connectivity index (χ4n) is 1.84. The summed E-state index contributed by atoms with van der Waals surface area (Å²) in [7, 11) is -3.57. The fourth-order valence-corrected chi connectivity index (χ4v) is 2.33. The van der Waals surface area contributed by atoms with Crippen LogP contribution in [0.25, 0.3) is 11.1 Å². The van der Waals surface area contributed by atoms with E-state index in [0.717, 1.165) is 18.4 Å². The van der Waals surface area contributed by atoms with E-state index in [9.17, 15) is 17.2 Å². The zero-order chi connectivity index (χ0) is 16.0. The highest BCUT2D eigenvalue weighted by Gasteiger charge is 2.39. The van der Waals surface area contributed by atoms with Gasteiger partial charge in [0.1, 0.15) is 22.1 Å². The summed E-state index contributed by atoms with van der Waals surface area (Å²) in [4.78, 5) is 0. The number of hydrogen-bond donors (Lipinski definition) is 1. The van der Waals surface area contributed by atoms with Gasteiger partial charge >= 0.3 is 0 Å². The molecule has 0 aliphatic carbocycles. The molecule has 5 nitrogen and oxygen atoms in total. The quantitative estimate of drug-likeness (QED) is 0.940. The Morgan fingerprint density at radius 1 is 1.29 bits per heavy atom. The lowest BCUT2D eigenvalue weighted by Gasteiger charge is -2.21. The van der Waals surface area contributed by atoms with Crippen LogP contribution in [0.4, 0.5) is 14.7 Å². The van der Waals surface area contributed by atoms with Gasteiger partial charge in [-0.15, -0.1) is 0 Å². The van der Waals surface area contributed by atoms with E-state index in [4.69, 9.17) is 10.3 Å². The third-order valence-corrected chi connectivity index (χ3v) is 5.46. The van der Waals surface area contributed by atoms with Crippen molar-refractivity contribution in [1.82, 2.24) is 5.16 Å². The Bertz CT molecular complexity index is 798. The summed E-state index contributed by atoms with van der Waals surface area (Å²) in [6, 6.07) is 2.89. The van der Waals surface area contributed by atoms with E-state index in [1.54, 1.807) is 0 Å². The van der Waals surface area contributed by atoms with E-state index in [-0.39, 0.29) is 22.7 Å². The van der Waals surface area contributed by atoms with E-state index in [1.807, 2.05) is 0 Å². The van der Waals surface area contributed by atoms with Crippen molar-refractivity contribution in [3.05, 3.63) is 35.5 Å². The molecule has 114 valence electrons. The summed E-state index contributed by atoms with van der Waals surface area (Å²) < 4.78 is 54.1. The zero-order valence-electron chi connectivity index (χ0n) is 11.6. The summed E-state index contributed by atoms with van der Waals surface area (Å²) in [5, 5.41) is 3.65. The summed E-state index contributed by atoms with van der Waals surface area (Å²) in [5.41, 5.74) is 5.56. The molecular weight excluding hydrogens is 302 g/mol. The number of rotatable bonds is 3. The molecule has 2 aromatic rings. The maximum Gasteiger partial charge on any atom is 0.230 e. The van der Waals surface area contributed by atoms with Crippen molar-refractivity contribution in [2.24, 2.45) is 0 Å². The second-order valence-electron chi connectivity index (χ2n) is 5.18. The van der Waals surface area contributed by atoms with Crippen LogP contribution in [-0.4, -0.2) is 19.8 Å². The first-order valence-corrected chi connectivity index (χ1v) is 7.85. The van der Waals surface area contributed by atoms with Crippen LogP contribution in [0.1, 0.15) is 19.5 Å².